The van der Waals surface area contributed by atoms with E-state index in [1.807, 2.05) is 13.1 Å². The van der Waals surface area contributed by atoms with Gasteiger partial charge in [0.15, 0.2) is 0 Å². The number of para-hydroxylation sites is 1. The first-order chi connectivity index (χ1) is 10.2. The Morgan fingerprint density at radius 1 is 1.29 bits per heavy atom. The van der Waals surface area contributed by atoms with E-state index in [4.69, 9.17) is 4.74 Å². The Kier molecular flexibility index (Phi) is 6.07. The van der Waals surface area contributed by atoms with Crippen LogP contribution in [0.1, 0.15) is 44.7 Å². The first-order valence-corrected chi connectivity index (χ1v) is 8.20. The Hall–Kier alpha value is -1.06. The Balaban J connectivity index is 2.05. The van der Waals surface area contributed by atoms with Gasteiger partial charge in [-0.3, -0.25) is 4.90 Å². The van der Waals surface area contributed by atoms with Gasteiger partial charge in [0.25, 0.3) is 0 Å². The quantitative estimate of drug-likeness (QED) is 0.753. The largest absolute Gasteiger partial charge is 0.496 e. The zero-order valence-electron chi connectivity index (χ0n) is 13.9. The summed E-state index contributed by atoms with van der Waals surface area (Å²) in [7, 11) is 3.80. The molecule has 1 unspecified atom stereocenters. The molecule has 0 saturated heterocycles. The summed E-state index contributed by atoms with van der Waals surface area (Å²) in [5.41, 5.74) is 1.26. The van der Waals surface area contributed by atoms with Crippen LogP contribution in [-0.2, 0) is 0 Å². The first-order valence-electron chi connectivity index (χ1n) is 8.20. The second-order valence-corrected chi connectivity index (χ2v) is 6.49. The van der Waals surface area contributed by atoms with Gasteiger partial charge >= 0.3 is 0 Å². The van der Waals surface area contributed by atoms with Crippen LogP contribution in [0.25, 0.3) is 0 Å². The van der Waals surface area contributed by atoms with Crippen LogP contribution in [0.4, 0.5) is 0 Å². The van der Waals surface area contributed by atoms with Crippen molar-refractivity contribution in [3.63, 3.8) is 0 Å². The molecule has 118 valence electrons. The molecule has 0 bridgehead atoms. The van der Waals surface area contributed by atoms with Crippen LogP contribution in [0.3, 0.4) is 0 Å². The maximum Gasteiger partial charge on any atom is 0.123 e. The number of nitrogens with zero attached hydrogens (tertiary/aromatic N) is 1. The third kappa shape index (κ3) is 4.72. The smallest absolute Gasteiger partial charge is 0.123 e. The van der Waals surface area contributed by atoms with E-state index in [0.717, 1.165) is 24.3 Å². The lowest BCUT2D eigenvalue weighted by atomic mass is 10.0. The van der Waals surface area contributed by atoms with E-state index < -0.39 is 0 Å². The highest BCUT2D eigenvalue weighted by Gasteiger charge is 2.30. The molecule has 1 aromatic carbocycles. The van der Waals surface area contributed by atoms with Crippen molar-refractivity contribution in [1.82, 2.24) is 10.2 Å². The lowest BCUT2D eigenvalue weighted by Gasteiger charge is -2.29. The average molecular weight is 290 g/mol. The van der Waals surface area contributed by atoms with Gasteiger partial charge in [-0.05, 0) is 44.8 Å². The molecule has 0 heterocycles. The molecule has 3 nitrogen and oxygen atoms in total. The van der Waals surface area contributed by atoms with E-state index >= 15 is 0 Å². The van der Waals surface area contributed by atoms with E-state index in [0.29, 0.717) is 6.04 Å². The number of nitrogens with one attached hydrogen (secondary N) is 1. The van der Waals surface area contributed by atoms with Gasteiger partial charge in [0.2, 0.25) is 0 Å². The van der Waals surface area contributed by atoms with Crippen LogP contribution in [0.5, 0.6) is 5.75 Å². The highest BCUT2D eigenvalue weighted by Crippen LogP contribution is 2.31. The topological polar surface area (TPSA) is 24.5 Å². The molecule has 0 amide bonds. The fraction of sp³-hybridized carbons (Fsp3) is 0.667. The number of likely N-dealkylation sites (N-methyl/N-ethyl adjacent to an activating group) is 1. The Bertz CT molecular complexity index is 429. The highest BCUT2D eigenvalue weighted by molar-refractivity contribution is 5.36. The number of benzene rings is 1. The molecule has 2 rings (SSSR count). The number of rotatable bonds is 9. The predicted molar refractivity (Wildman–Crippen MR) is 88.8 cm³/mol. The zero-order valence-corrected chi connectivity index (χ0v) is 13.9. The molecule has 1 aliphatic carbocycles. The molecule has 0 aromatic heterocycles. The minimum atomic E-state index is 0.328. The van der Waals surface area contributed by atoms with Crippen molar-refractivity contribution in [3.8, 4) is 5.75 Å². The van der Waals surface area contributed by atoms with Crippen molar-refractivity contribution >= 4 is 0 Å². The summed E-state index contributed by atoms with van der Waals surface area (Å²) >= 11 is 0. The molecular weight excluding hydrogens is 260 g/mol. The molecule has 21 heavy (non-hydrogen) atoms. The normalized spacial score (nSPS) is 16.5. The summed E-state index contributed by atoms with van der Waals surface area (Å²) in [6.45, 7) is 6.88. The molecule has 0 aliphatic heterocycles. The van der Waals surface area contributed by atoms with Crippen LogP contribution in [-0.4, -0.2) is 38.2 Å². The SMILES string of the molecule is CNC(CN(CCC(C)C)C1CC1)c1ccccc1OC. The Morgan fingerprint density at radius 2 is 2.00 bits per heavy atom. The van der Waals surface area contributed by atoms with Crippen molar-refractivity contribution in [2.45, 2.75) is 45.2 Å². The lowest BCUT2D eigenvalue weighted by molar-refractivity contribution is 0.222. The van der Waals surface area contributed by atoms with Crippen molar-refractivity contribution in [2.24, 2.45) is 5.92 Å². The molecule has 0 radical (unpaired) electrons. The van der Waals surface area contributed by atoms with E-state index in [-0.39, 0.29) is 0 Å². The fourth-order valence-electron chi connectivity index (χ4n) is 2.82. The third-order valence-corrected chi connectivity index (χ3v) is 4.34. The molecule has 1 N–H and O–H groups in total. The maximum atomic E-state index is 5.53. The lowest BCUT2D eigenvalue weighted by Crippen LogP contribution is -2.36. The van der Waals surface area contributed by atoms with Gasteiger partial charge in [0, 0.05) is 24.2 Å². The van der Waals surface area contributed by atoms with Gasteiger partial charge in [0.05, 0.1) is 7.11 Å². The summed E-state index contributed by atoms with van der Waals surface area (Å²) in [5, 5.41) is 3.47. The van der Waals surface area contributed by atoms with Crippen molar-refractivity contribution in [3.05, 3.63) is 29.8 Å². The summed E-state index contributed by atoms with van der Waals surface area (Å²) in [4.78, 5) is 2.66. The third-order valence-electron chi connectivity index (χ3n) is 4.34. The van der Waals surface area contributed by atoms with Gasteiger partial charge in [0.1, 0.15) is 5.75 Å². The van der Waals surface area contributed by atoms with Crippen LogP contribution in [0, 0.1) is 5.92 Å². The fourth-order valence-corrected chi connectivity index (χ4v) is 2.82. The van der Waals surface area contributed by atoms with Crippen LogP contribution in [0.2, 0.25) is 0 Å². The summed E-state index contributed by atoms with van der Waals surface area (Å²) in [6.07, 6.45) is 4.00. The van der Waals surface area contributed by atoms with Crippen LogP contribution in [0.15, 0.2) is 24.3 Å². The minimum Gasteiger partial charge on any atom is -0.496 e. The van der Waals surface area contributed by atoms with Gasteiger partial charge < -0.3 is 10.1 Å². The molecule has 1 aliphatic rings. The number of methoxy groups -OCH3 is 1. The average Bonchev–Trinajstić information content (AvgIpc) is 3.32. The highest BCUT2D eigenvalue weighted by atomic mass is 16.5. The zero-order chi connectivity index (χ0) is 15.2. The second kappa shape index (κ2) is 7.81. The minimum absolute atomic E-state index is 0.328. The van der Waals surface area contributed by atoms with E-state index in [1.54, 1.807) is 7.11 Å². The molecule has 0 spiro atoms. The summed E-state index contributed by atoms with van der Waals surface area (Å²) in [6, 6.07) is 9.48. The standard InChI is InChI=1S/C18H30N2O/c1-14(2)11-12-20(15-9-10-15)13-17(19-3)16-7-5-6-8-18(16)21-4/h5-8,14-15,17,19H,9-13H2,1-4H3. The second-order valence-electron chi connectivity index (χ2n) is 6.49. The summed E-state index contributed by atoms with van der Waals surface area (Å²) < 4.78 is 5.53. The predicted octanol–water partition coefficient (Wildman–Crippen LogP) is 3.47. The van der Waals surface area contributed by atoms with Gasteiger partial charge in [-0.1, -0.05) is 32.0 Å². The number of hydrogen-bond acceptors (Lipinski definition) is 3. The maximum absolute atomic E-state index is 5.53. The Labute approximate surface area is 129 Å². The van der Waals surface area contributed by atoms with E-state index in [1.165, 1.54) is 31.4 Å². The van der Waals surface area contributed by atoms with Crippen molar-refractivity contribution < 1.29 is 4.74 Å². The van der Waals surface area contributed by atoms with Crippen LogP contribution >= 0.6 is 0 Å². The van der Waals surface area contributed by atoms with E-state index in [9.17, 15) is 0 Å². The monoisotopic (exact) mass is 290 g/mol. The molecule has 1 atom stereocenters. The Morgan fingerprint density at radius 3 is 2.57 bits per heavy atom. The summed E-state index contributed by atoms with van der Waals surface area (Å²) in [5.74, 6) is 1.75. The number of hydrogen-bond donors (Lipinski definition) is 1. The molecule has 1 saturated carbocycles. The molecule has 1 aromatic rings. The van der Waals surface area contributed by atoms with Gasteiger partial charge in [-0.25, -0.2) is 0 Å². The van der Waals surface area contributed by atoms with Crippen LogP contribution < -0.4 is 10.1 Å². The first kappa shape index (κ1) is 16.3. The van der Waals surface area contributed by atoms with Gasteiger partial charge in [-0.2, -0.15) is 0 Å². The van der Waals surface area contributed by atoms with Crippen molar-refractivity contribution in [2.75, 3.05) is 27.2 Å². The number of ether oxygens (including phenoxy) is 1. The van der Waals surface area contributed by atoms with Crippen molar-refractivity contribution in [1.29, 1.82) is 0 Å². The molecular formula is C18H30N2O. The molecule has 3 heteroatoms. The van der Waals surface area contributed by atoms with Gasteiger partial charge in [-0.15, -0.1) is 0 Å². The molecule has 1 fully saturated rings. The van der Waals surface area contributed by atoms with E-state index in [2.05, 4.69) is 42.3 Å².